The predicted molar refractivity (Wildman–Crippen MR) is 240 cm³/mol. The largest absolute Gasteiger partial charge is 0.496 e. The van der Waals surface area contributed by atoms with Gasteiger partial charge in [-0.2, -0.15) is 0 Å². The first-order valence-electron chi connectivity index (χ1n) is 21.2. The Kier molecular flexibility index (Phi) is 12.4. The maximum atomic E-state index is 14.9. The predicted octanol–water partition coefficient (Wildman–Crippen LogP) is 7.53. The lowest BCUT2D eigenvalue weighted by molar-refractivity contribution is -0.140. The second-order valence-electron chi connectivity index (χ2n) is 16.7. The standard InChI is InChI=1S/C47H52N6O7S2/c1-29(2)38-28-61-44(50-38)37-25-41(35-22-23-40(59-4)30(3)42(35)49-37)60-33-24-39-43(54)51-47(46(56)52-62(57,58)34-19-13-9-14-20-34)26-31(47)16-10-6-5-7-15-21-36(45(55)53(39)27-33)48-32-17-11-8-12-18-32/h8-14,16-20,22-23,25,28-29,31,33,36,39,48H,5-7,15,21,24,26-27H2,1-4H3,(H,51,54)(H,52,56)/b16-10-/t31-,33-,36+,39+,47-/m1/s1. The summed E-state index contributed by atoms with van der Waals surface area (Å²) in [4.78, 5) is 55.2. The van der Waals surface area contributed by atoms with Gasteiger partial charge in [0.25, 0.3) is 15.9 Å². The van der Waals surface area contributed by atoms with Crippen molar-refractivity contribution in [1.82, 2.24) is 24.9 Å². The van der Waals surface area contributed by atoms with Gasteiger partial charge in [0.15, 0.2) is 0 Å². The number of nitrogens with zero attached hydrogens (tertiary/aromatic N) is 3. The Morgan fingerprint density at radius 1 is 0.984 bits per heavy atom. The minimum absolute atomic E-state index is 0.0684. The van der Waals surface area contributed by atoms with E-state index >= 15 is 0 Å². The number of rotatable bonds is 10. The van der Waals surface area contributed by atoms with Gasteiger partial charge in [-0.3, -0.25) is 14.4 Å². The number of hydrogen-bond acceptors (Lipinski definition) is 11. The van der Waals surface area contributed by atoms with Gasteiger partial charge in [0.05, 0.1) is 29.8 Å². The number of hydrogen-bond donors (Lipinski definition) is 3. The highest BCUT2D eigenvalue weighted by atomic mass is 32.2. The zero-order valence-electron chi connectivity index (χ0n) is 35.3. The summed E-state index contributed by atoms with van der Waals surface area (Å²) in [6.07, 6.45) is 7.32. The van der Waals surface area contributed by atoms with E-state index in [9.17, 15) is 22.8 Å². The number of aryl methyl sites for hydroxylation is 1. The van der Waals surface area contributed by atoms with Gasteiger partial charge in [0.1, 0.15) is 45.9 Å². The lowest BCUT2D eigenvalue weighted by atomic mass is 10.0. The number of aromatic nitrogens is 2. The maximum Gasteiger partial charge on any atom is 0.264 e. The molecule has 3 aromatic carbocycles. The lowest BCUT2D eigenvalue weighted by Crippen LogP contribution is -2.57. The highest BCUT2D eigenvalue weighted by Crippen LogP contribution is 2.46. The molecule has 62 heavy (non-hydrogen) atoms. The topological polar surface area (TPSA) is 169 Å². The van der Waals surface area contributed by atoms with Crippen LogP contribution in [0.5, 0.6) is 11.5 Å². The van der Waals surface area contributed by atoms with Gasteiger partial charge in [0.2, 0.25) is 11.8 Å². The minimum atomic E-state index is -4.25. The van der Waals surface area contributed by atoms with E-state index in [1.165, 1.54) is 23.5 Å². The second kappa shape index (κ2) is 17.9. The van der Waals surface area contributed by atoms with Crippen LogP contribution < -0.4 is 24.8 Å². The number of sulfonamides is 1. The van der Waals surface area contributed by atoms with Crippen molar-refractivity contribution in [3.63, 3.8) is 0 Å². The van der Waals surface area contributed by atoms with Crippen LogP contribution >= 0.6 is 11.3 Å². The maximum absolute atomic E-state index is 14.9. The molecule has 13 nitrogen and oxygen atoms in total. The molecule has 3 aliphatic rings. The van der Waals surface area contributed by atoms with Crippen molar-refractivity contribution in [3.8, 4) is 22.2 Å². The van der Waals surface area contributed by atoms with Crippen molar-refractivity contribution < 1.29 is 32.3 Å². The van der Waals surface area contributed by atoms with E-state index in [0.717, 1.165) is 53.0 Å². The molecule has 8 rings (SSSR count). The number of carbonyl (C=O) groups is 3. The van der Waals surface area contributed by atoms with Crippen LogP contribution in [0.1, 0.15) is 76.0 Å². The first-order chi connectivity index (χ1) is 29.9. The quantitative estimate of drug-likeness (QED) is 0.119. The molecule has 2 aromatic heterocycles. The molecule has 0 bridgehead atoms. The molecule has 2 aliphatic heterocycles. The van der Waals surface area contributed by atoms with Crippen LogP contribution in [0.4, 0.5) is 5.69 Å². The lowest BCUT2D eigenvalue weighted by Gasteiger charge is -2.30. The van der Waals surface area contributed by atoms with E-state index in [0.29, 0.717) is 29.1 Å². The van der Waals surface area contributed by atoms with E-state index in [1.54, 1.807) is 30.2 Å². The molecule has 0 spiro atoms. The number of amides is 3. The summed E-state index contributed by atoms with van der Waals surface area (Å²) in [5.74, 6) is -0.690. The van der Waals surface area contributed by atoms with Crippen LogP contribution in [0.15, 0.2) is 101 Å². The molecule has 5 aromatic rings. The molecule has 1 saturated carbocycles. The third kappa shape index (κ3) is 8.91. The Hall–Kier alpha value is -5.80. The highest BCUT2D eigenvalue weighted by Gasteiger charge is 2.61. The number of benzene rings is 3. The zero-order valence-corrected chi connectivity index (χ0v) is 36.9. The minimum Gasteiger partial charge on any atom is -0.496 e. The molecular formula is C47H52N6O7S2. The van der Waals surface area contributed by atoms with Crippen molar-refractivity contribution in [3.05, 3.63) is 108 Å². The number of methoxy groups -OCH3 is 1. The molecule has 1 aliphatic carbocycles. The van der Waals surface area contributed by atoms with Gasteiger partial charge in [-0.1, -0.05) is 75.2 Å². The third-order valence-electron chi connectivity index (χ3n) is 12.0. The van der Waals surface area contributed by atoms with E-state index < -0.39 is 51.5 Å². The normalized spacial score (nSPS) is 23.7. The van der Waals surface area contributed by atoms with Crippen LogP contribution in [0.3, 0.4) is 0 Å². The van der Waals surface area contributed by atoms with Crippen molar-refractivity contribution in [1.29, 1.82) is 0 Å². The average Bonchev–Trinajstić information content (AvgIpc) is 3.54. The molecule has 4 heterocycles. The number of allylic oxidation sites excluding steroid dienone is 1. The number of para-hydroxylation sites is 1. The Morgan fingerprint density at radius 2 is 1.74 bits per heavy atom. The van der Waals surface area contributed by atoms with Crippen molar-refractivity contribution in [2.45, 2.75) is 100 Å². The molecule has 0 unspecified atom stereocenters. The van der Waals surface area contributed by atoms with Crippen LogP contribution in [0.2, 0.25) is 0 Å². The Balaban J connectivity index is 1.15. The number of ether oxygens (including phenoxy) is 2. The number of thiazole rings is 1. The summed E-state index contributed by atoms with van der Waals surface area (Å²) in [5, 5.41) is 9.92. The van der Waals surface area contributed by atoms with Gasteiger partial charge in [-0.25, -0.2) is 23.1 Å². The van der Waals surface area contributed by atoms with E-state index in [4.69, 9.17) is 19.4 Å². The number of carbonyl (C=O) groups excluding carboxylic acids is 3. The summed E-state index contributed by atoms with van der Waals surface area (Å²) in [7, 11) is -2.63. The number of nitrogens with one attached hydrogen (secondary N) is 3. The zero-order chi connectivity index (χ0) is 43.6. The fourth-order valence-electron chi connectivity index (χ4n) is 8.43. The molecular weight excluding hydrogens is 825 g/mol. The number of pyridine rings is 1. The van der Waals surface area contributed by atoms with Crippen LogP contribution in [-0.4, -0.2) is 78.4 Å². The second-order valence-corrected chi connectivity index (χ2v) is 19.2. The number of anilines is 1. The molecule has 0 radical (unpaired) electrons. The summed E-state index contributed by atoms with van der Waals surface area (Å²) >= 11 is 1.50. The van der Waals surface area contributed by atoms with Gasteiger partial charge in [-0.05, 0) is 74.9 Å². The van der Waals surface area contributed by atoms with Crippen LogP contribution in [0.25, 0.3) is 21.6 Å². The van der Waals surface area contributed by atoms with Crippen molar-refractivity contribution in [2.75, 3.05) is 19.0 Å². The van der Waals surface area contributed by atoms with E-state index in [2.05, 4.69) is 29.2 Å². The fourth-order valence-corrected chi connectivity index (χ4v) is 10.4. The van der Waals surface area contributed by atoms with Gasteiger partial charge < -0.3 is 25.0 Å². The summed E-state index contributed by atoms with van der Waals surface area (Å²) in [5.41, 5.74) is 2.32. The molecule has 1 saturated heterocycles. The van der Waals surface area contributed by atoms with Gasteiger partial charge in [0, 0.05) is 40.4 Å². The van der Waals surface area contributed by atoms with Crippen molar-refractivity contribution in [2.24, 2.45) is 5.92 Å². The molecule has 3 amide bonds. The Morgan fingerprint density at radius 3 is 2.47 bits per heavy atom. The first-order valence-corrected chi connectivity index (χ1v) is 23.6. The first kappa shape index (κ1) is 42.9. The molecule has 324 valence electrons. The van der Waals surface area contributed by atoms with Crippen LogP contribution in [-0.2, 0) is 24.4 Å². The molecule has 3 N–H and O–H groups in total. The number of fused-ring (bicyclic) bond motifs is 3. The molecule has 15 heteroatoms. The summed E-state index contributed by atoms with van der Waals surface area (Å²) in [6, 6.07) is 21.1. The molecule has 5 atom stereocenters. The average molecular weight is 877 g/mol. The summed E-state index contributed by atoms with van der Waals surface area (Å²) in [6.45, 7) is 6.20. The highest BCUT2D eigenvalue weighted by molar-refractivity contribution is 7.90. The Labute approximate surface area is 366 Å². The van der Waals surface area contributed by atoms with Gasteiger partial charge in [-0.15, -0.1) is 11.3 Å². The SMILES string of the molecule is COc1ccc2c(O[C@@H]3C[C@H]4C(=O)N[C@]5(C(=O)NS(=O)(=O)c6ccccc6)C[C@H]5/C=C\CCCCC[C@H](Nc5ccccc5)C(=O)N4C3)cc(-c3nc(C(C)C)cs3)nc2c1C. The van der Waals surface area contributed by atoms with Crippen LogP contribution in [0, 0.1) is 12.8 Å². The van der Waals surface area contributed by atoms with Crippen molar-refractivity contribution >= 4 is 55.7 Å². The smallest absolute Gasteiger partial charge is 0.264 e. The van der Waals surface area contributed by atoms with E-state index in [1.807, 2.05) is 73.0 Å². The van der Waals surface area contributed by atoms with Gasteiger partial charge >= 0.3 is 0 Å². The fraction of sp³-hybridized carbons (Fsp3) is 0.383. The summed E-state index contributed by atoms with van der Waals surface area (Å²) < 4.78 is 41.6. The third-order valence-corrected chi connectivity index (χ3v) is 14.3. The monoisotopic (exact) mass is 876 g/mol. The Bertz CT molecular complexity index is 2600. The van der Waals surface area contributed by atoms with E-state index in [-0.39, 0.29) is 36.1 Å². The molecule has 2 fully saturated rings.